The first kappa shape index (κ1) is 9.71. The number of carboxylic acids is 1. The molecule has 0 heterocycles. The molecule has 1 aliphatic rings. The first-order valence-corrected chi connectivity index (χ1v) is 4.71. The van der Waals surface area contributed by atoms with E-state index < -0.39 is 11.8 Å². The highest BCUT2D eigenvalue weighted by Gasteiger charge is 2.23. The van der Waals surface area contributed by atoms with Crippen LogP contribution in [0.4, 0.5) is 0 Å². The zero-order chi connectivity index (χ0) is 10.8. The van der Waals surface area contributed by atoms with Gasteiger partial charge in [-0.15, -0.1) is 0 Å². The van der Waals surface area contributed by atoms with Crippen LogP contribution in [-0.4, -0.2) is 23.0 Å². The van der Waals surface area contributed by atoms with E-state index in [-0.39, 0.29) is 5.56 Å². The number of ether oxygens (including phenoxy) is 1. The van der Waals surface area contributed by atoms with Gasteiger partial charge in [0.05, 0.1) is 6.10 Å². The molecule has 4 heteroatoms. The Morgan fingerprint density at radius 3 is 2.27 bits per heavy atom. The second-order valence-corrected chi connectivity index (χ2v) is 3.48. The number of carbonyl (C=O) groups excluding carboxylic acids is 1. The van der Waals surface area contributed by atoms with Gasteiger partial charge in [-0.05, 0) is 37.1 Å². The second-order valence-electron chi connectivity index (χ2n) is 3.48. The van der Waals surface area contributed by atoms with E-state index in [9.17, 15) is 9.59 Å². The van der Waals surface area contributed by atoms with Crippen molar-refractivity contribution < 1.29 is 19.4 Å². The number of aliphatic carboxylic acids is 1. The molecule has 0 aromatic heterocycles. The molecule has 0 bridgehead atoms. The molecular weight excluding hydrogens is 196 g/mol. The van der Waals surface area contributed by atoms with Crippen LogP contribution in [-0.2, 0) is 4.79 Å². The summed E-state index contributed by atoms with van der Waals surface area (Å²) >= 11 is 0. The number of hydrogen-bond acceptors (Lipinski definition) is 3. The predicted octanol–water partition coefficient (Wildman–Crippen LogP) is 1.50. The maximum Gasteiger partial charge on any atom is 0.377 e. The molecule has 0 spiro atoms. The summed E-state index contributed by atoms with van der Waals surface area (Å²) in [5, 5.41) is 8.48. The Bertz CT molecular complexity index is 390. The van der Waals surface area contributed by atoms with E-state index in [0.717, 1.165) is 12.8 Å². The van der Waals surface area contributed by atoms with Crippen LogP contribution in [0.5, 0.6) is 5.75 Å². The Balaban J connectivity index is 2.08. The highest BCUT2D eigenvalue weighted by atomic mass is 16.5. The maximum absolute atomic E-state index is 11.0. The molecular formula is C11H10O4. The summed E-state index contributed by atoms with van der Waals surface area (Å²) in [5.74, 6) is -1.65. The summed E-state index contributed by atoms with van der Waals surface area (Å²) in [6, 6.07) is 6.17. The van der Waals surface area contributed by atoms with Gasteiger partial charge in [0.25, 0.3) is 5.78 Å². The molecule has 0 amide bonds. The third kappa shape index (κ3) is 2.34. The molecule has 0 atom stereocenters. The van der Waals surface area contributed by atoms with Crippen molar-refractivity contribution in [2.24, 2.45) is 0 Å². The Morgan fingerprint density at radius 1 is 1.20 bits per heavy atom. The number of carbonyl (C=O) groups is 2. The molecule has 0 radical (unpaired) electrons. The Morgan fingerprint density at radius 2 is 1.80 bits per heavy atom. The molecule has 4 nitrogen and oxygen atoms in total. The van der Waals surface area contributed by atoms with Gasteiger partial charge in [-0.3, -0.25) is 4.79 Å². The van der Waals surface area contributed by atoms with Gasteiger partial charge in [-0.1, -0.05) is 0 Å². The van der Waals surface area contributed by atoms with Gasteiger partial charge in [-0.25, -0.2) is 4.79 Å². The van der Waals surface area contributed by atoms with Crippen molar-refractivity contribution in [1.29, 1.82) is 0 Å². The first-order valence-electron chi connectivity index (χ1n) is 4.71. The van der Waals surface area contributed by atoms with Gasteiger partial charge in [-0.2, -0.15) is 0 Å². The van der Waals surface area contributed by atoms with Crippen molar-refractivity contribution in [3.05, 3.63) is 29.8 Å². The minimum Gasteiger partial charge on any atom is -0.490 e. The Hall–Kier alpha value is -1.84. The van der Waals surface area contributed by atoms with Crippen molar-refractivity contribution in [2.75, 3.05) is 0 Å². The van der Waals surface area contributed by atoms with Crippen LogP contribution < -0.4 is 4.74 Å². The van der Waals surface area contributed by atoms with Crippen molar-refractivity contribution in [2.45, 2.75) is 18.9 Å². The van der Waals surface area contributed by atoms with E-state index >= 15 is 0 Å². The third-order valence-electron chi connectivity index (χ3n) is 2.14. The molecule has 78 valence electrons. The first-order chi connectivity index (χ1) is 7.16. The Labute approximate surface area is 86.5 Å². The van der Waals surface area contributed by atoms with Gasteiger partial charge in [0.2, 0.25) is 0 Å². The smallest absolute Gasteiger partial charge is 0.377 e. The number of hydrogen-bond donors (Lipinski definition) is 1. The molecule has 1 saturated carbocycles. The molecule has 1 aromatic carbocycles. The van der Waals surface area contributed by atoms with Gasteiger partial charge in [0.1, 0.15) is 5.75 Å². The fraction of sp³-hybridized carbons (Fsp3) is 0.273. The molecule has 1 aromatic rings. The summed E-state index contributed by atoms with van der Waals surface area (Å²) in [7, 11) is 0. The van der Waals surface area contributed by atoms with E-state index in [0.29, 0.717) is 11.9 Å². The molecule has 1 fully saturated rings. The lowest BCUT2D eigenvalue weighted by molar-refractivity contribution is -0.131. The van der Waals surface area contributed by atoms with Crippen LogP contribution in [0.1, 0.15) is 23.2 Å². The van der Waals surface area contributed by atoms with E-state index in [1.165, 1.54) is 12.1 Å². The van der Waals surface area contributed by atoms with Crippen molar-refractivity contribution >= 4 is 11.8 Å². The number of benzene rings is 1. The van der Waals surface area contributed by atoms with Gasteiger partial charge >= 0.3 is 5.97 Å². The quantitative estimate of drug-likeness (QED) is 0.598. The summed E-state index contributed by atoms with van der Waals surface area (Å²) < 4.78 is 5.46. The summed E-state index contributed by atoms with van der Waals surface area (Å²) in [4.78, 5) is 21.4. The van der Waals surface area contributed by atoms with Gasteiger partial charge in [0.15, 0.2) is 0 Å². The molecule has 0 aliphatic heterocycles. The molecule has 2 rings (SSSR count). The standard InChI is InChI=1S/C11H10O4/c12-10(11(13)14)7-1-3-8(4-2-7)15-9-5-6-9/h1-4,9H,5-6H2,(H,13,14). The van der Waals surface area contributed by atoms with Crippen LogP contribution in [0.25, 0.3) is 0 Å². The number of carboxylic acid groups (broad SMARTS) is 1. The monoisotopic (exact) mass is 206 g/mol. The third-order valence-corrected chi connectivity index (χ3v) is 2.14. The fourth-order valence-electron chi connectivity index (χ4n) is 1.19. The largest absolute Gasteiger partial charge is 0.490 e. The van der Waals surface area contributed by atoms with Crippen LogP contribution in [0, 0.1) is 0 Å². The zero-order valence-electron chi connectivity index (χ0n) is 7.97. The topological polar surface area (TPSA) is 63.6 Å². The molecule has 1 N–H and O–H groups in total. The highest BCUT2D eigenvalue weighted by Crippen LogP contribution is 2.26. The number of Topliss-reactive ketones (excluding diaryl/α,β-unsaturated/α-hetero) is 1. The van der Waals surface area contributed by atoms with Gasteiger partial charge in [0, 0.05) is 5.56 Å². The normalized spacial score (nSPS) is 14.7. The van der Waals surface area contributed by atoms with Crippen molar-refractivity contribution in [3.63, 3.8) is 0 Å². The molecule has 15 heavy (non-hydrogen) atoms. The lowest BCUT2D eigenvalue weighted by Crippen LogP contribution is -2.12. The summed E-state index contributed by atoms with van der Waals surface area (Å²) in [5.41, 5.74) is 0.172. The van der Waals surface area contributed by atoms with Crippen molar-refractivity contribution in [1.82, 2.24) is 0 Å². The summed E-state index contributed by atoms with van der Waals surface area (Å²) in [6.45, 7) is 0. The molecule has 0 saturated heterocycles. The van der Waals surface area contributed by atoms with Crippen LogP contribution in [0.15, 0.2) is 24.3 Å². The number of rotatable bonds is 4. The van der Waals surface area contributed by atoms with E-state index in [4.69, 9.17) is 9.84 Å². The fourth-order valence-corrected chi connectivity index (χ4v) is 1.19. The van der Waals surface area contributed by atoms with E-state index in [1.807, 2.05) is 0 Å². The minimum absolute atomic E-state index is 0.172. The number of ketones is 1. The minimum atomic E-state index is -1.44. The van der Waals surface area contributed by atoms with Gasteiger partial charge < -0.3 is 9.84 Å². The van der Waals surface area contributed by atoms with Crippen LogP contribution in [0.3, 0.4) is 0 Å². The predicted molar refractivity (Wildman–Crippen MR) is 52.1 cm³/mol. The average Bonchev–Trinajstić information content (AvgIpc) is 3.02. The lowest BCUT2D eigenvalue weighted by Gasteiger charge is -2.03. The van der Waals surface area contributed by atoms with Crippen molar-refractivity contribution in [3.8, 4) is 5.75 Å². The summed E-state index contributed by atoms with van der Waals surface area (Å²) in [6.07, 6.45) is 2.43. The molecule has 1 aliphatic carbocycles. The van der Waals surface area contributed by atoms with Crippen LogP contribution in [0.2, 0.25) is 0 Å². The Kier molecular flexibility index (Phi) is 2.41. The molecule has 0 unspecified atom stereocenters. The maximum atomic E-state index is 11.0. The zero-order valence-corrected chi connectivity index (χ0v) is 7.97. The highest BCUT2D eigenvalue weighted by molar-refractivity contribution is 6.39. The van der Waals surface area contributed by atoms with Crippen LogP contribution >= 0.6 is 0 Å². The average molecular weight is 206 g/mol. The van der Waals surface area contributed by atoms with E-state index in [2.05, 4.69) is 0 Å². The SMILES string of the molecule is O=C(O)C(=O)c1ccc(OC2CC2)cc1. The van der Waals surface area contributed by atoms with E-state index in [1.54, 1.807) is 12.1 Å². The lowest BCUT2D eigenvalue weighted by atomic mass is 10.1. The second kappa shape index (κ2) is 3.73.